The van der Waals surface area contributed by atoms with Crippen molar-refractivity contribution in [1.29, 1.82) is 0 Å². The number of amides is 1. The number of hydrogen-bond acceptors (Lipinski definition) is 5. The molecule has 1 fully saturated rings. The zero-order valence-corrected chi connectivity index (χ0v) is 16.4. The Labute approximate surface area is 170 Å². The van der Waals surface area contributed by atoms with Crippen LogP contribution < -0.4 is 0 Å². The van der Waals surface area contributed by atoms with Crippen molar-refractivity contribution in [3.63, 3.8) is 0 Å². The van der Waals surface area contributed by atoms with E-state index >= 15 is 0 Å². The van der Waals surface area contributed by atoms with Crippen molar-refractivity contribution in [2.75, 3.05) is 0 Å². The van der Waals surface area contributed by atoms with E-state index in [-0.39, 0.29) is 11.9 Å². The lowest BCUT2D eigenvalue weighted by Gasteiger charge is -2.19. The standard InChI is InChI=1S/C21H16ClN3O2S/c22-15-7-5-13(6-8-15)20-24-23-19(27-20)12-25(16-9-10-16)21(26)18-11-14-3-1-2-4-17(14)28-18/h1-8,11,16H,9-10,12H2. The van der Waals surface area contributed by atoms with Gasteiger partial charge in [0.2, 0.25) is 11.8 Å². The molecule has 4 aromatic rings. The lowest BCUT2D eigenvalue weighted by Crippen LogP contribution is -2.32. The van der Waals surface area contributed by atoms with Gasteiger partial charge in [0, 0.05) is 21.3 Å². The Morgan fingerprint density at radius 3 is 2.68 bits per heavy atom. The fourth-order valence-electron chi connectivity index (χ4n) is 3.15. The number of aromatic nitrogens is 2. The van der Waals surface area contributed by atoms with Gasteiger partial charge in [-0.05, 0) is 54.6 Å². The van der Waals surface area contributed by atoms with E-state index in [0.717, 1.165) is 33.4 Å². The molecule has 1 aliphatic carbocycles. The molecule has 5 rings (SSSR count). The number of fused-ring (bicyclic) bond motifs is 1. The largest absolute Gasteiger partial charge is 0.419 e. The summed E-state index contributed by atoms with van der Waals surface area (Å²) in [5.74, 6) is 0.887. The number of carbonyl (C=O) groups is 1. The maximum atomic E-state index is 13.1. The fraction of sp³-hybridized carbons (Fsp3) is 0.190. The van der Waals surface area contributed by atoms with Gasteiger partial charge in [0.25, 0.3) is 5.91 Å². The highest BCUT2D eigenvalue weighted by Gasteiger charge is 2.35. The predicted molar refractivity (Wildman–Crippen MR) is 109 cm³/mol. The Bertz CT molecular complexity index is 1110. The Kier molecular flexibility index (Phi) is 4.37. The minimum absolute atomic E-state index is 0.0231. The summed E-state index contributed by atoms with van der Waals surface area (Å²) in [6.45, 7) is 0.318. The highest BCUT2D eigenvalue weighted by molar-refractivity contribution is 7.20. The van der Waals surface area contributed by atoms with Crippen LogP contribution in [0.25, 0.3) is 21.5 Å². The van der Waals surface area contributed by atoms with Crippen LogP contribution in [0.15, 0.2) is 59.0 Å². The van der Waals surface area contributed by atoms with E-state index in [1.165, 1.54) is 11.3 Å². The number of nitrogens with zero attached hydrogens (tertiary/aromatic N) is 3. The molecule has 0 unspecified atom stereocenters. The van der Waals surface area contributed by atoms with Crippen LogP contribution in [-0.4, -0.2) is 27.0 Å². The Morgan fingerprint density at radius 2 is 1.93 bits per heavy atom. The molecule has 0 bridgehead atoms. The molecule has 2 heterocycles. The van der Waals surface area contributed by atoms with Gasteiger partial charge in [0.15, 0.2) is 0 Å². The van der Waals surface area contributed by atoms with Gasteiger partial charge in [-0.25, -0.2) is 0 Å². The van der Waals surface area contributed by atoms with Gasteiger partial charge in [0.05, 0.1) is 11.4 Å². The third kappa shape index (κ3) is 3.41. The molecule has 0 spiro atoms. The third-order valence-corrected chi connectivity index (χ3v) is 6.10. The van der Waals surface area contributed by atoms with Crippen molar-refractivity contribution < 1.29 is 9.21 Å². The van der Waals surface area contributed by atoms with E-state index in [2.05, 4.69) is 10.2 Å². The molecule has 28 heavy (non-hydrogen) atoms. The average molecular weight is 410 g/mol. The normalized spacial score (nSPS) is 13.8. The molecule has 1 amide bonds. The number of halogens is 1. The predicted octanol–water partition coefficient (Wildman–Crippen LogP) is 5.41. The van der Waals surface area contributed by atoms with Crippen molar-refractivity contribution in [3.05, 3.63) is 70.4 Å². The molecule has 1 saturated carbocycles. The van der Waals surface area contributed by atoms with E-state index < -0.39 is 0 Å². The first-order valence-corrected chi connectivity index (χ1v) is 10.2. The highest BCUT2D eigenvalue weighted by atomic mass is 35.5. The monoisotopic (exact) mass is 409 g/mol. The van der Waals surface area contributed by atoms with E-state index in [9.17, 15) is 4.79 Å². The number of hydrogen-bond donors (Lipinski definition) is 0. The molecule has 0 saturated heterocycles. The first-order chi connectivity index (χ1) is 13.7. The van der Waals surface area contributed by atoms with E-state index in [1.807, 2.05) is 47.4 Å². The van der Waals surface area contributed by atoms with Crippen LogP contribution in [0.2, 0.25) is 5.02 Å². The van der Waals surface area contributed by atoms with E-state index in [0.29, 0.717) is 23.3 Å². The summed E-state index contributed by atoms with van der Waals surface area (Å²) >= 11 is 7.45. The molecule has 0 N–H and O–H groups in total. The lowest BCUT2D eigenvalue weighted by molar-refractivity contribution is 0.0719. The molecule has 5 nitrogen and oxygen atoms in total. The topological polar surface area (TPSA) is 59.2 Å². The maximum absolute atomic E-state index is 13.1. The molecule has 7 heteroatoms. The fourth-order valence-corrected chi connectivity index (χ4v) is 4.30. The first kappa shape index (κ1) is 17.4. The molecule has 0 atom stereocenters. The summed E-state index contributed by atoms with van der Waals surface area (Å²) in [6.07, 6.45) is 2.02. The molecular formula is C21H16ClN3O2S. The first-order valence-electron chi connectivity index (χ1n) is 9.05. The summed E-state index contributed by atoms with van der Waals surface area (Å²) < 4.78 is 6.92. The minimum atomic E-state index is 0.0231. The van der Waals surface area contributed by atoms with Gasteiger partial charge in [0.1, 0.15) is 0 Å². The van der Waals surface area contributed by atoms with Gasteiger partial charge in [-0.1, -0.05) is 29.8 Å². The summed E-state index contributed by atoms with van der Waals surface area (Å²) in [7, 11) is 0. The summed E-state index contributed by atoms with van der Waals surface area (Å²) in [4.78, 5) is 15.7. The Balaban J connectivity index is 1.39. The molecular weight excluding hydrogens is 394 g/mol. The molecule has 0 aliphatic heterocycles. The second-order valence-electron chi connectivity index (χ2n) is 6.82. The lowest BCUT2D eigenvalue weighted by atomic mass is 10.2. The molecule has 0 radical (unpaired) electrons. The third-order valence-electron chi connectivity index (χ3n) is 4.75. The molecule has 2 aromatic carbocycles. The quantitative estimate of drug-likeness (QED) is 0.442. The van der Waals surface area contributed by atoms with Gasteiger partial charge in [-0.2, -0.15) is 0 Å². The molecule has 1 aliphatic rings. The van der Waals surface area contributed by atoms with Crippen LogP contribution >= 0.6 is 22.9 Å². The van der Waals surface area contributed by atoms with Gasteiger partial charge in [-0.15, -0.1) is 21.5 Å². The number of carbonyl (C=O) groups excluding carboxylic acids is 1. The molecule has 2 aromatic heterocycles. The second-order valence-corrected chi connectivity index (χ2v) is 8.34. The minimum Gasteiger partial charge on any atom is -0.419 e. The highest BCUT2D eigenvalue weighted by Crippen LogP contribution is 2.33. The smallest absolute Gasteiger partial charge is 0.264 e. The van der Waals surface area contributed by atoms with E-state index in [4.69, 9.17) is 16.0 Å². The number of rotatable bonds is 5. The van der Waals surface area contributed by atoms with Gasteiger partial charge >= 0.3 is 0 Å². The summed E-state index contributed by atoms with van der Waals surface area (Å²) in [6, 6.07) is 17.5. The van der Waals surface area contributed by atoms with Gasteiger partial charge in [-0.3, -0.25) is 4.79 Å². The average Bonchev–Trinajstić information content (AvgIpc) is 3.28. The summed E-state index contributed by atoms with van der Waals surface area (Å²) in [5.41, 5.74) is 0.803. The number of thiophene rings is 1. The van der Waals surface area contributed by atoms with Crippen molar-refractivity contribution in [1.82, 2.24) is 15.1 Å². The number of benzene rings is 2. The van der Waals surface area contributed by atoms with Crippen LogP contribution in [0, 0.1) is 0 Å². The SMILES string of the molecule is O=C(c1cc2ccccc2s1)N(Cc1nnc(-c2ccc(Cl)cc2)o1)C1CC1. The van der Waals surface area contributed by atoms with Crippen molar-refractivity contribution >= 4 is 38.9 Å². The van der Waals surface area contributed by atoms with Crippen LogP contribution in [0.1, 0.15) is 28.4 Å². The van der Waals surface area contributed by atoms with Gasteiger partial charge < -0.3 is 9.32 Å². The van der Waals surface area contributed by atoms with Crippen molar-refractivity contribution in [3.8, 4) is 11.5 Å². The Morgan fingerprint density at radius 1 is 1.14 bits per heavy atom. The van der Waals surface area contributed by atoms with Crippen LogP contribution in [0.4, 0.5) is 0 Å². The Hall–Kier alpha value is -2.70. The van der Waals surface area contributed by atoms with Crippen LogP contribution in [0.3, 0.4) is 0 Å². The second kappa shape index (κ2) is 7.04. The van der Waals surface area contributed by atoms with Crippen LogP contribution in [-0.2, 0) is 6.54 Å². The molecule has 140 valence electrons. The summed E-state index contributed by atoms with van der Waals surface area (Å²) in [5, 5.41) is 10.0. The zero-order valence-electron chi connectivity index (χ0n) is 14.8. The van der Waals surface area contributed by atoms with Crippen molar-refractivity contribution in [2.45, 2.75) is 25.4 Å². The van der Waals surface area contributed by atoms with Crippen molar-refractivity contribution in [2.24, 2.45) is 0 Å². The zero-order chi connectivity index (χ0) is 19.1. The van der Waals surface area contributed by atoms with E-state index in [1.54, 1.807) is 12.1 Å². The maximum Gasteiger partial charge on any atom is 0.264 e. The van der Waals surface area contributed by atoms with Crippen LogP contribution in [0.5, 0.6) is 0 Å².